The number of benzene rings is 2. The average Bonchev–Trinajstić information content (AvgIpc) is 3.15. The highest BCUT2D eigenvalue weighted by Gasteiger charge is 2.25. The minimum Gasteiger partial charge on any atom is -0.490 e. The van der Waals surface area contributed by atoms with Crippen molar-refractivity contribution in [2.24, 2.45) is 5.73 Å². The maximum atomic E-state index is 12.8. The molecule has 0 unspecified atom stereocenters. The van der Waals surface area contributed by atoms with Crippen LogP contribution in [0, 0.1) is 0 Å². The van der Waals surface area contributed by atoms with E-state index >= 15 is 0 Å². The molecule has 0 radical (unpaired) electrons. The highest BCUT2D eigenvalue weighted by molar-refractivity contribution is 7.17. The van der Waals surface area contributed by atoms with Gasteiger partial charge in [0.05, 0.1) is 5.56 Å². The Balaban J connectivity index is 1.39. The number of fused-ring (bicyclic) bond motifs is 1. The van der Waals surface area contributed by atoms with Gasteiger partial charge in [-0.25, -0.2) is 0 Å². The van der Waals surface area contributed by atoms with E-state index < -0.39 is 5.91 Å². The van der Waals surface area contributed by atoms with E-state index in [9.17, 15) is 9.59 Å². The molecule has 0 spiro atoms. The first-order valence-corrected chi connectivity index (χ1v) is 11.1. The van der Waals surface area contributed by atoms with Gasteiger partial charge in [0.15, 0.2) is 0 Å². The van der Waals surface area contributed by atoms with Crippen LogP contribution in [0.3, 0.4) is 0 Å². The topological polar surface area (TPSA) is 90.7 Å². The largest absolute Gasteiger partial charge is 0.490 e. The Hall–Kier alpha value is -3.32. The molecule has 0 fully saturated rings. The SMILES string of the molecule is NC(=O)c1c(NC(=O)c2cccc(OCCOc3ccccc3)c2)sc2c1CCCC2. The summed E-state index contributed by atoms with van der Waals surface area (Å²) in [6.45, 7) is 0.743. The lowest BCUT2D eigenvalue weighted by Gasteiger charge is -2.11. The Morgan fingerprint density at radius 3 is 2.42 bits per heavy atom. The van der Waals surface area contributed by atoms with Gasteiger partial charge in [0, 0.05) is 10.4 Å². The molecule has 4 rings (SSSR count). The van der Waals surface area contributed by atoms with Crippen molar-refractivity contribution in [2.45, 2.75) is 25.7 Å². The summed E-state index contributed by atoms with van der Waals surface area (Å²) in [5.41, 5.74) is 7.52. The quantitative estimate of drug-likeness (QED) is 0.511. The lowest BCUT2D eigenvalue weighted by molar-refractivity contribution is 0.100. The Morgan fingerprint density at radius 1 is 0.935 bits per heavy atom. The second kappa shape index (κ2) is 9.66. The third-order valence-corrected chi connectivity index (χ3v) is 6.31. The Labute approximate surface area is 185 Å². The fraction of sp³-hybridized carbons (Fsp3) is 0.250. The van der Waals surface area contributed by atoms with E-state index in [1.165, 1.54) is 11.3 Å². The first-order valence-electron chi connectivity index (χ1n) is 10.3. The molecule has 3 N–H and O–H groups in total. The van der Waals surface area contributed by atoms with Crippen LogP contribution in [-0.2, 0) is 12.8 Å². The molecule has 0 bridgehead atoms. The molecule has 0 atom stereocenters. The number of primary amides is 1. The van der Waals surface area contributed by atoms with Gasteiger partial charge in [0.1, 0.15) is 29.7 Å². The van der Waals surface area contributed by atoms with Gasteiger partial charge in [-0.05, 0) is 61.6 Å². The molecule has 2 amide bonds. The predicted molar refractivity (Wildman–Crippen MR) is 121 cm³/mol. The zero-order chi connectivity index (χ0) is 21.6. The fourth-order valence-electron chi connectivity index (χ4n) is 3.65. The third-order valence-electron chi connectivity index (χ3n) is 5.10. The molecule has 0 saturated carbocycles. The summed E-state index contributed by atoms with van der Waals surface area (Å²) in [6, 6.07) is 16.4. The van der Waals surface area contributed by atoms with E-state index in [2.05, 4.69) is 5.32 Å². The molecule has 0 aliphatic heterocycles. The van der Waals surface area contributed by atoms with Gasteiger partial charge in [0.2, 0.25) is 0 Å². The van der Waals surface area contributed by atoms with Crippen molar-refractivity contribution in [1.29, 1.82) is 0 Å². The first kappa shape index (κ1) is 20.9. The zero-order valence-corrected chi connectivity index (χ0v) is 17.9. The standard InChI is InChI=1S/C24H24N2O4S/c25-22(27)21-19-11-4-5-12-20(19)31-24(21)26-23(28)16-7-6-10-18(15-16)30-14-13-29-17-8-2-1-3-9-17/h1-3,6-10,15H,4-5,11-14H2,(H2,25,27)(H,26,28). The summed E-state index contributed by atoms with van der Waals surface area (Å²) in [5, 5.41) is 3.41. The molecular formula is C24H24N2O4S. The van der Waals surface area contributed by atoms with E-state index in [1.54, 1.807) is 24.3 Å². The molecule has 1 aliphatic carbocycles. The number of nitrogens with two attached hydrogens (primary N) is 1. The number of hydrogen-bond donors (Lipinski definition) is 2. The number of ether oxygens (including phenoxy) is 2. The number of nitrogens with one attached hydrogen (secondary N) is 1. The van der Waals surface area contributed by atoms with Crippen molar-refractivity contribution in [3.63, 3.8) is 0 Å². The summed E-state index contributed by atoms with van der Waals surface area (Å²) in [4.78, 5) is 26.0. The number of amides is 2. The van der Waals surface area contributed by atoms with Crippen molar-refractivity contribution in [1.82, 2.24) is 0 Å². The number of aryl methyl sites for hydroxylation is 1. The molecule has 0 saturated heterocycles. The highest BCUT2D eigenvalue weighted by atomic mass is 32.1. The molecule has 31 heavy (non-hydrogen) atoms. The second-order valence-electron chi connectivity index (χ2n) is 7.27. The molecule has 2 aromatic carbocycles. The maximum absolute atomic E-state index is 12.8. The number of carbonyl (C=O) groups is 2. The Bertz CT molecular complexity index is 1080. The molecule has 1 aliphatic rings. The minimum atomic E-state index is -0.495. The smallest absolute Gasteiger partial charge is 0.256 e. The van der Waals surface area contributed by atoms with Crippen LogP contribution < -0.4 is 20.5 Å². The van der Waals surface area contributed by atoms with Crippen LogP contribution >= 0.6 is 11.3 Å². The Kier molecular flexibility index (Phi) is 6.52. The van der Waals surface area contributed by atoms with Gasteiger partial charge in [-0.3, -0.25) is 9.59 Å². The second-order valence-corrected chi connectivity index (χ2v) is 8.38. The number of anilines is 1. The van der Waals surface area contributed by atoms with Crippen LogP contribution in [0.4, 0.5) is 5.00 Å². The number of hydrogen-bond acceptors (Lipinski definition) is 5. The average molecular weight is 437 g/mol. The summed E-state index contributed by atoms with van der Waals surface area (Å²) in [5.74, 6) is 0.560. The molecule has 6 nitrogen and oxygen atoms in total. The summed E-state index contributed by atoms with van der Waals surface area (Å²) in [6.07, 6.45) is 3.87. The van der Waals surface area contributed by atoms with E-state index in [0.717, 1.165) is 41.9 Å². The first-order chi connectivity index (χ1) is 15.1. The van der Waals surface area contributed by atoms with E-state index in [0.29, 0.717) is 35.1 Å². The number of para-hydroxylation sites is 1. The molecule has 1 aromatic heterocycles. The number of rotatable bonds is 8. The lowest BCUT2D eigenvalue weighted by Crippen LogP contribution is -2.18. The van der Waals surface area contributed by atoms with Gasteiger partial charge in [-0.15, -0.1) is 11.3 Å². The summed E-state index contributed by atoms with van der Waals surface area (Å²) >= 11 is 1.45. The van der Waals surface area contributed by atoms with Crippen LogP contribution in [-0.4, -0.2) is 25.0 Å². The number of thiophene rings is 1. The van der Waals surface area contributed by atoms with Crippen LogP contribution in [0.15, 0.2) is 54.6 Å². The fourth-order valence-corrected chi connectivity index (χ4v) is 4.94. The van der Waals surface area contributed by atoms with Gasteiger partial charge < -0.3 is 20.5 Å². The normalized spacial score (nSPS) is 12.6. The van der Waals surface area contributed by atoms with Gasteiger partial charge in [-0.2, -0.15) is 0 Å². The predicted octanol–water partition coefficient (Wildman–Crippen LogP) is 4.44. The maximum Gasteiger partial charge on any atom is 0.256 e. The highest BCUT2D eigenvalue weighted by Crippen LogP contribution is 2.38. The minimum absolute atomic E-state index is 0.299. The van der Waals surface area contributed by atoms with Crippen LogP contribution in [0.5, 0.6) is 11.5 Å². The van der Waals surface area contributed by atoms with Crippen molar-refractivity contribution in [2.75, 3.05) is 18.5 Å². The Morgan fingerprint density at radius 2 is 1.65 bits per heavy atom. The number of carbonyl (C=O) groups excluding carboxylic acids is 2. The van der Waals surface area contributed by atoms with E-state index in [-0.39, 0.29) is 5.91 Å². The van der Waals surface area contributed by atoms with Crippen molar-refractivity contribution in [3.05, 3.63) is 76.2 Å². The molecule has 3 aromatic rings. The van der Waals surface area contributed by atoms with Gasteiger partial charge in [-0.1, -0.05) is 24.3 Å². The van der Waals surface area contributed by atoms with Crippen LogP contribution in [0.2, 0.25) is 0 Å². The van der Waals surface area contributed by atoms with Crippen molar-refractivity contribution in [3.8, 4) is 11.5 Å². The van der Waals surface area contributed by atoms with E-state index in [4.69, 9.17) is 15.2 Å². The van der Waals surface area contributed by atoms with Gasteiger partial charge >= 0.3 is 0 Å². The van der Waals surface area contributed by atoms with Crippen molar-refractivity contribution >= 4 is 28.2 Å². The molecule has 1 heterocycles. The zero-order valence-electron chi connectivity index (χ0n) is 17.1. The molecule has 7 heteroatoms. The van der Waals surface area contributed by atoms with Gasteiger partial charge in [0.25, 0.3) is 11.8 Å². The molecule has 160 valence electrons. The van der Waals surface area contributed by atoms with Crippen LogP contribution in [0.1, 0.15) is 44.0 Å². The third kappa shape index (κ3) is 5.06. The lowest BCUT2D eigenvalue weighted by atomic mass is 9.95. The monoisotopic (exact) mass is 436 g/mol. The van der Waals surface area contributed by atoms with Crippen molar-refractivity contribution < 1.29 is 19.1 Å². The summed E-state index contributed by atoms with van der Waals surface area (Å²) < 4.78 is 11.3. The summed E-state index contributed by atoms with van der Waals surface area (Å²) in [7, 11) is 0. The van der Waals surface area contributed by atoms with E-state index in [1.807, 2.05) is 30.3 Å². The van der Waals surface area contributed by atoms with Crippen LogP contribution in [0.25, 0.3) is 0 Å². The molecular weight excluding hydrogens is 412 g/mol.